The number of hydrogen-bond donors (Lipinski definition) is 1. The number of rotatable bonds is 2. The van der Waals surface area contributed by atoms with Gasteiger partial charge in [-0.15, -0.1) is 0 Å². The predicted molar refractivity (Wildman–Crippen MR) is 55.2 cm³/mol. The lowest BCUT2D eigenvalue weighted by molar-refractivity contribution is 0.0912. The topological polar surface area (TPSA) is 41.6 Å². The molecule has 0 aromatic rings. The first kappa shape index (κ1) is 11.3. The van der Waals surface area contributed by atoms with Crippen LogP contribution in [-0.4, -0.2) is 44.3 Å². The fraction of sp³-hybridized carbons (Fsp3) is 0.900. The third-order valence-electron chi connectivity index (χ3n) is 3.06. The van der Waals surface area contributed by atoms with Crippen LogP contribution in [0.2, 0.25) is 0 Å². The molecule has 1 aliphatic heterocycles. The second kappa shape index (κ2) is 5.20. The number of carbonyl (C=O) groups excluding carboxylic acids is 1. The Morgan fingerprint density at radius 1 is 1.64 bits per heavy atom. The summed E-state index contributed by atoms with van der Waals surface area (Å²) in [5.74, 6) is 0.549. The first-order valence-corrected chi connectivity index (χ1v) is 5.23. The van der Waals surface area contributed by atoms with E-state index in [4.69, 9.17) is 4.74 Å². The van der Waals surface area contributed by atoms with Gasteiger partial charge in [0.05, 0.1) is 7.11 Å². The average molecular weight is 200 g/mol. The number of ether oxygens (including phenoxy) is 1. The molecule has 4 heteroatoms. The Hall–Kier alpha value is -0.770. The zero-order valence-electron chi connectivity index (χ0n) is 9.25. The SMILES string of the molecule is CCC1CN(C(=O)OC)CCC1NC. The Balaban J connectivity index is 2.52. The maximum Gasteiger partial charge on any atom is 0.409 e. The molecule has 0 bridgehead atoms. The second-order valence-electron chi connectivity index (χ2n) is 3.77. The molecule has 0 radical (unpaired) electrons. The van der Waals surface area contributed by atoms with Gasteiger partial charge in [-0.25, -0.2) is 4.79 Å². The molecule has 1 heterocycles. The molecule has 4 nitrogen and oxygen atoms in total. The Kier molecular flexibility index (Phi) is 4.20. The van der Waals surface area contributed by atoms with Crippen LogP contribution in [0.25, 0.3) is 0 Å². The highest BCUT2D eigenvalue weighted by molar-refractivity contribution is 5.67. The van der Waals surface area contributed by atoms with Crippen molar-refractivity contribution in [1.82, 2.24) is 10.2 Å². The van der Waals surface area contributed by atoms with Crippen molar-refractivity contribution in [2.45, 2.75) is 25.8 Å². The lowest BCUT2D eigenvalue weighted by Crippen LogP contribution is -2.50. The minimum Gasteiger partial charge on any atom is -0.453 e. The Morgan fingerprint density at radius 3 is 2.86 bits per heavy atom. The molecular weight excluding hydrogens is 180 g/mol. The van der Waals surface area contributed by atoms with Gasteiger partial charge in [0, 0.05) is 19.1 Å². The van der Waals surface area contributed by atoms with Crippen LogP contribution >= 0.6 is 0 Å². The fourth-order valence-corrected chi connectivity index (χ4v) is 2.12. The van der Waals surface area contributed by atoms with E-state index in [0.717, 1.165) is 25.9 Å². The lowest BCUT2D eigenvalue weighted by atomic mass is 9.90. The van der Waals surface area contributed by atoms with Gasteiger partial charge in [-0.1, -0.05) is 13.3 Å². The summed E-state index contributed by atoms with van der Waals surface area (Å²) in [5.41, 5.74) is 0. The van der Waals surface area contributed by atoms with Crippen LogP contribution in [0.15, 0.2) is 0 Å². The maximum atomic E-state index is 11.3. The Bertz CT molecular complexity index is 197. The summed E-state index contributed by atoms with van der Waals surface area (Å²) < 4.78 is 4.72. The fourth-order valence-electron chi connectivity index (χ4n) is 2.12. The van der Waals surface area contributed by atoms with Crippen molar-refractivity contribution < 1.29 is 9.53 Å². The largest absolute Gasteiger partial charge is 0.453 e. The van der Waals surface area contributed by atoms with Crippen LogP contribution < -0.4 is 5.32 Å². The molecule has 0 spiro atoms. The Morgan fingerprint density at radius 2 is 2.36 bits per heavy atom. The van der Waals surface area contributed by atoms with Crippen molar-refractivity contribution in [1.29, 1.82) is 0 Å². The molecule has 2 unspecified atom stereocenters. The van der Waals surface area contributed by atoms with Gasteiger partial charge in [-0.2, -0.15) is 0 Å². The zero-order valence-corrected chi connectivity index (χ0v) is 9.25. The minimum atomic E-state index is -0.196. The van der Waals surface area contributed by atoms with Gasteiger partial charge < -0.3 is 15.0 Å². The van der Waals surface area contributed by atoms with Crippen LogP contribution in [-0.2, 0) is 4.74 Å². The molecular formula is C10H20N2O2. The van der Waals surface area contributed by atoms with Crippen molar-refractivity contribution in [3.63, 3.8) is 0 Å². The molecule has 2 atom stereocenters. The number of nitrogens with zero attached hydrogens (tertiary/aromatic N) is 1. The highest BCUT2D eigenvalue weighted by Gasteiger charge is 2.29. The monoisotopic (exact) mass is 200 g/mol. The van der Waals surface area contributed by atoms with E-state index in [0.29, 0.717) is 12.0 Å². The number of carbonyl (C=O) groups is 1. The molecule has 14 heavy (non-hydrogen) atoms. The van der Waals surface area contributed by atoms with Crippen molar-refractivity contribution in [2.75, 3.05) is 27.2 Å². The number of amides is 1. The van der Waals surface area contributed by atoms with Gasteiger partial charge in [-0.05, 0) is 19.4 Å². The van der Waals surface area contributed by atoms with Crippen LogP contribution in [0.4, 0.5) is 4.79 Å². The summed E-state index contributed by atoms with van der Waals surface area (Å²) in [6, 6.07) is 0.543. The molecule has 1 amide bonds. The first-order valence-electron chi connectivity index (χ1n) is 5.23. The second-order valence-corrected chi connectivity index (χ2v) is 3.77. The molecule has 0 aromatic heterocycles. The highest BCUT2D eigenvalue weighted by Crippen LogP contribution is 2.20. The predicted octanol–water partition coefficient (Wildman–Crippen LogP) is 1.07. The molecule has 82 valence electrons. The minimum absolute atomic E-state index is 0.196. The summed E-state index contributed by atoms with van der Waals surface area (Å²) in [7, 11) is 3.43. The summed E-state index contributed by atoms with van der Waals surface area (Å²) in [4.78, 5) is 13.1. The summed E-state index contributed by atoms with van der Waals surface area (Å²) in [6.07, 6.45) is 1.92. The van der Waals surface area contributed by atoms with E-state index in [-0.39, 0.29) is 6.09 Å². The van der Waals surface area contributed by atoms with E-state index in [1.54, 1.807) is 4.90 Å². The van der Waals surface area contributed by atoms with E-state index >= 15 is 0 Å². The molecule has 1 aliphatic rings. The van der Waals surface area contributed by atoms with Gasteiger partial charge in [0.15, 0.2) is 0 Å². The van der Waals surface area contributed by atoms with E-state index in [1.165, 1.54) is 7.11 Å². The summed E-state index contributed by atoms with van der Waals surface area (Å²) in [5, 5.41) is 3.30. The van der Waals surface area contributed by atoms with Crippen molar-refractivity contribution in [3.05, 3.63) is 0 Å². The summed E-state index contributed by atoms with van der Waals surface area (Å²) >= 11 is 0. The molecule has 0 saturated carbocycles. The van der Waals surface area contributed by atoms with Crippen molar-refractivity contribution >= 4 is 6.09 Å². The van der Waals surface area contributed by atoms with Crippen LogP contribution in [0.3, 0.4) is 0 Å². The van der Waals surface area contributed by atoms with Crippen molar-refractivity contribution in [2.24, 2.45) is 5.92 Å². The molecule has 1 rings (SSSR count). The van der Waals surface area contributed by atoms with Crippen LogP contribution in [0, 0.1) is 5.92 Å². The number of methoxy groups -OCH3 is 1. The van der Waals surface area contributed by atoms with E-state index in [2.05, 4.69) is 12.2 Å². The highest BCUT2D eigenvalue weighted by atomic mass is 16.5. The van der Waals surface area contributed by atoms with Gasteiger partial charge in [-0.3, -0.25) is 0 Å². The van der Waals surface area contributed by atoms with Gasteiger partial charge in [0.2, 0.25) is 0 Å². The first-order chi connectivity index (χ1) is 6.72. The van der Waals surface area contributed by atoms with Gasteiger partial charge in [0.25, 0.3) is 0 Å². The molecule has 1 fully saturated rings. The standard InChI is InChI=1S/C10H20N2O2/c1-4-8-7-12(10(13)14-3)6-5-9(8)11-2/h8-9,11H,4-7H2,1-3H3. The van der Waals surface area contributed by atoms with E-state index in [1.807, 2.05) is 7.05 Å². The number of hydrogen-bond acceptors (Lipinski definition) is 3. The maximum absolute atomic E-state index is 11.3. The number of nitrogens with one attached hydrogen (secondary N) is 1. The quantitative estimate of drug-likeness (QED) is 0.725. The van der Waals surface area contributed by atoms with Crippen LogP contribution in [0.1, 0.15) is 19.8 Å². The normalized spacial score (nSPS) is 27.5. The van der Waals surface area contributed by atoms with E-state index < -0.39 is 0 Å². The average Bonchev–Trinajstić information content (AvgIpc) is 2.26. The smallest absolute Gasteiger partial charge is 0.409 e. The third kappa shape index (κ3) is 2.38. The number of piperidine rings is 1. The third-order valence-corrected chi connectivity index (χ3v) is 3.06. The van der Waals surface area contributed by atoms with Crippen molar-refractivity contribution in [3.8, 4) is 0 Å². The number of likely N-dealkylation sites (tertiary alicyclic amines) is 1. The van der Waals surface area contributed by atoms with Gasteiger partial charge in [0.1, 0.15) is 0 Å². The lowest BCUT2D eigenvalue weighted by Gasteiger charge is -2.37. The zero-order chi connectivity index (χ0) is 10.6. The Labute approximate surface area is 85.6 Å². The van der Waals surface area contributed by atoms with E-state index in [9.17, 15) is 4.79 Å². The van der Waals surface area contributed by atoms with Gasteiger partial charge >= 0.3 is 6.09 Å². The summed E-state index contributed by atoms with van der Waals surface area (Å²) in [6.45, 7) is 3.78. The van der Waals surface area contributed by atoms with Crippen LogP contribution in [0.5, 0.6) is 0 Å². The molecule has 0 aliphatic carbocycles. The molecule has 1 saturated heterocycles. The molecule has 1 N–H and O–H groups in total. The molecule has 0 aromatic carbocycles.